The molecule has 2 aromatic rings. The van der Waals surface area contributed by atoms with Crippen molar-refractivity contribution in [2.45, 2.75) is 129 Å². The van der Waals surface area contributed by atoms with Crippen molar-refractivity contribution in [3.8, 4) is 5.75 Å². The molecule has 1 unspecified atom stereocenters. The second-order valence-electron chi connectivity index (χ2n) is 15.3. The van der Waals surface area contributed by atoms with Gasteiger partial charge >= 0.3 is 18.4 Å². The highest BCUT2D eigenvalue weighted by Crippen LogP contribution is 2.67. The van der Waals surface area contributed by atoms with Gasteiger partial charge < -0.3 is 19.3 Å². The summed E-state index contributed by atoms with van der Waals surface area (Å²) in [6.07, 6.45) is -9.09. The molecule has 2 aromatic carbocycles. The van der Waals surface area contributed by atoms with Crippen LogP contribution in [0.15, 0.2) is 42.5 Å². The van der Waals surface area contributed by atoms with E-state index in [1.54, 1.807) is 27.7 Å². The van der Waals surface area contributed by atoms with Crippen molar-refractivity contribution in [2.24, 2.45) is 0 Å². The van der Waals surface area contributed by atoms with E-state index >= 15 is 0 Å². The van der Waals surface area contributed by atoms with E-state index in [0.29, 0.717) is 17.5 Å². The third-order valence-corrected chi connectivity index (χ3v) is 11.6. The van der Waals surface area contributed by atoms with Crippen LogP contribution in [0.5, 0.6) is 5.75 Å². The summed E-state index contributed by atoms with van der Waals surface area (Å²) < 4.78 is 112. The number of carbonyl (C=O) groups is 1. The van der Waals surface area contributed by atoms with Gasteiger partial charge in [0.25, 0.3) is 0 Å². The van der Waals surface area contributed by atoms with Gasteiger partial charge in [0.15, 0.2) is 0 Å². The lowest BCUT2D eigenvalue weighted by molar-refractivity contribution is -0.139. The summed E-state index contributed by atoms with van der Waals surface area (Å²) >= 11 is 0. The molecule has 0 saturated heterocycles. The Kier molecular flexibility index (Phi) is 13.0. The smallest absolute Gasteiger partial charge is 0.419 e. The number of carbonyl (C=O) groups excluding carboxylic acids is 1. The van der Waals surface area contributed by atoms with E-state index in [2.05, 4.69) is 5.32 Å². The monoisotopic (exact) mass is 709 g/mol. The molecule has 13 heteroatoms. The summed E-state index contributed by atoms with van der Waals surface area (Å²) in [6.45, 7) is 17.4. The van der Waals surface area contributed by atoms with E-state index in [9.17, 15) is 35.7 Å². The van der Waals surface area contributed by atoms with Crippen LogP contribution < -0.4 is 10.1 Å². The second-order valence-corrected chi connectivity index (χ2v) is 19.4. The zero-order chi connectivity index (χ0) is 37.0. The number of amides is 1. The molecule has 1 atom stereocenters. The Balaban J connectivity index is 2.23. The van der Waals surface area contributed by atoms with E-state index in [0.717, 1.165) is 18.2 Å². The minimum atomic E-state index is -4.73. The van der Waals surface area contributed by atoms with Crippen molar-refractivity contribution in [1.29, 1.82) is 0 Å². The molecule has 0 heterocycles. The number of alkyl halides is 6. The number of alkyl carbamates (subject to hydrolysis) is 1. The first-order chi connectivity index (χ1) is 21.6. The van der Waals surface area contributed by atoms with Crippen molar-refractivity contribution in [3.05, 3.63) is 64.7 Å². The maximum atomic E-state index is 14.2. The summed E-state index contributed by atoms with van der Waals surface area (Å²) in [4.78, 5) is 12.8. The van der Waals surface area contributed by atoms with Crippen LogP contribution in [-0.2, 0) is 39.0 Å². The maximum absolute atomic E-state index is 14.2. The highest BCUT2D eigenvalue weighted by Gasteiger charge is 2.49. The Morgan fingerprint density at radius 1 is 0.750 bits per heavy atom. The van der Waals surface area contributed by atoms with Crippen molar-refractivity contribution >= 4 is 13.5 Å². The predicted octanol–water partition coefficient (Wildman–Crippen LogP) is 10.8. The first-order valence-corrected chi connectivity index (χ1v) is 17.4. The molecule has 0 aliphatic heterocycles. The lowest BCUT2D eigenvalue weighted by atomic mass is 9.93. The lowest BCUT2D eigenvalue weighted by Crippen LogP contribution is -2.51. The number of halogens is 6. The van der Waals surface area contributed by atoms with E-state index in [1.165, 1.54) is 24.3 Å². The molecule has 48 heavy (non-hydrogen) atoms. The Labute approximate surface area is 280 Å². The van der Waals surface area contributed by atoms with Gasteiger partial charge in [0.2, 0.25) is 7.37 Å². The fourth-order valence-corrected chi connectivity index (χ4v) is 8.42. The van der Waals surface area contributed by atoms with Crippen molar-refractivity contribution < 1.29 is 49.7 Å². The minimum Gasteiger partial charge on any atom is -0.493 e. The van der Waals surface area contributed by atoms with Gasteiger partial charge in [-0.25, -0.2) is 4.79 Å². The first-order valence-electron chi connectivity index (χ1n) is 15.8. The fourth-order valence-electron chi connectivity index (χ4n) is 5.17. The molecule has 0 aliphatic carbocycles. The Morgan fingerprint density at radius 2 is 1.29 bits per heavy atom. The third kappa shape index (κ3) is 12.0. The van der Waals surface area contributed by atoms with Crippen LogP contribution in [0.3, 0.4) is 0 Å². The lowest BCUT2D eigenvalue weighted by Gasteiger charge is -2.42. The molecule has 0 bridgehead atoms. The molecule has 0 radical (unpaired) electrons. The third-order valence-electron chi connectivity index (χ3n) is 7.60. The number of benzene rings is 2. The molecule has 272 valence electrons. The number of rotatable bonds is 12. The van der Waals surface area contributed by atoms with Crippen LogP contribution in [0.4, 0.5) is 31.1 Å². The van der Waals surface area contributed by atoms with Crippen molar-refractivity contribution in [1.82, 2.24) is 5.32 Å². The molecular formula is C35H50F6NO5P. The second kappa shape index (κ2) is 15.0. The summed E-state index contributed by atoms with van der Waals surface area (Å²) in [5.41, 5.74) is -2.80. The number of hydrogen-bond acceptors (Lipinski definition) is 5. The molecule has 0 spiro atoms. The Morgan fingerprint density at radius 3 is 1.77 bits per heavy atom. The number of nitrogens with one attached hydrogen (secondary N) is 1. The zero-order valence-electron chi connectivity index (χ0n) is 29.5. The predicted molar refractivity (Wildman–Crippen MR) is 176 cm³/mol. The average Bonchev–Trinajstić information content (AvgIpc) is 2.90. The summed E-state index contributed by atoms with van der Waals surface area (Å²) in [6, 6.07) is 8.33. The van der Waals surface area contributed by atoms with Crippen LogP contribution in [-0.4, -0.2) is 40.8 Å². The fraction of sp³-hybridized carbons (Fsp3) is 0.629. The molecule has 2 rings (SSSR count). The molecule has 1 amide bonds. The number of hydrogen-bond donors (Lipinski definition) is 1. The van der Waals surface area contributed by atoms with Gasteiger partial charge in [-0.05, 0) is 88.8 Å². The minimum absolute atomic E-state index is 0.0831. The molecule has 1 N–H and O–H groups in total. The average molecular weight is 710 g/mol. The van der Waals surface area contributed by atoms with Crippen LogP contribution in [0.25, 0.3) is 0 Å². The Hall–Kier alpha value is -2.72. The first kappa shape index (κ1) is 41.5. The van der Waals surface area contributed by atoms with E-state index in [1.807, 2.05) is 41.5 Å². The van der Waals surface area contributed by atoms with E-state index < -0.39 is 58.4 Å². The standard InChI is InChI=1S/C35H50F6NO5P/c1-30(2,3)47-29(43)42-33(10,23-46-48(44,31(4,5)6)32(7,8)9)20-19-25-15-18-28(27(22-25)35(39,40)41)45-21-11-12-24-13-16-26(17-14-24)34(36,37)38/h13-18,22H,11-12,19-21,23H2,1-10H3,(H,42,43). The van der Waals surface area contributed by atoms with Crippen LogP contribution in [0, 0.1) is 0 Å². The zero-order valence-corrected chi connectivity index (χ0v) is 30.4. The summed E-state index contributed by atoms with van der Waals surface area (Å²) in [5, 5.41) is 1.34. The van der Waals surface area contributed by atoms with Gasteiger partial charge in [0, 0.05) is 10.3 Å². The SMILES string of the molecule is CC(CCc1ccc(OCCCc2ccc(C(F)(F)F)cc2)c(C(F)(F)F)c1)(COP(=O)(C(C)(C)C)C(C)(C)C)NC(=O)OC(C)(C)C. The maximum Gasteiger partial charge on any atom is 0.419 e. The highest BCUT2D eigenvalue weighted by atomic mass is 31.2. The largest absolute Gasteiger partial charge is 0.493 e. The van der Waals surface area contributed by atoms with Crippen molar-refractivity contribution in [2.75, 3.05) is 13.2 Å². The number of ether oxygens (including phenoxy) is 2. The topological polar surface area (TPSA) is 73.9 Å². The van der Waals surface area contributed by atoms with Crippen molar-refractivity contribution in [3.63, 3.8) is 0 Å². The van der Waals surface area contributed by atoms with Crippen LogP contribution >= 0.6 is 7.37 Å². The van der Waals surface area contributed by atoms with Gasteiger partial charge in [-0.3, -0.25) is 4.57 Å². The van der Waals surface area contributed by atoms with Gasteiger partial charge in [-0.15, -0.1) is 0 Å². The molecule has 0 aromatic heterocycles. The Bertz CT molecular complexity index is 1400. The van der Waals surface area contributed by atoms with Gasteiger partial charge in [0.05, 0.1) is 29.9 Å². The molecule has 0 saturated carbocycles. The van der Waals surface area contributed by atoms with E-state index in [4.69, 9.17) is 14.0 Å². The molecule has 0 fully saturated rings. The normalized spacial score (nSPS) is 14.8. The highest BCUT2D eigenvalue weighted by molar-refractivity contribution is 7.62. The van der Waals surface area contributed by atoms with Crippen LogP contribution in [0.2, 0.25) is 0 Å². The molecule has 0 aliphatic rings. The number of aryl methyl sites for hydroxylation is 2. The van der Waals surface area contributed by atoms with Gasteiger partial charge in [0.1, 0.15) is 11.4 Å². The summed E-state index contributed by atoms with van der Waals surface area (Å²) in [5.74, 6) is -0.368. The van der Waals surface area contributed by atoms with Gasteiger partial charge in [-0.2, -0.15) is 26.3 Å². The summed E-state index contributed by atoms with van der Waals surface area (Å²) in [7, 11) is -3.34. The van der Waals surface area contributed by atoms with E-state index in [-0.39, 0.29) is 38.2 Å². The van der Waals surface area contributed by atoms with Gasteiger partial charge in [-0.1, -0.05) is 59.7 Å². The van der Waals surface area contributed by atoms with Crippen LogP contribution in [0.1, 0.15) is 104 Å². The molecule has 6 nitrogen and oxygen atoms in total. The quantitative estimate of drug-likeness (QED) is 0.135. The molecular weight excluding hydrogens is 659 g/mol.